The van der Waals surface area contributed by atoms with Crippen LogP contribution in [0.3, 0.4) is 0 Å². The largest absolute Gasteiger partial charge is 0.444 e. The second-order valence-electron chi connectivity index (χ2n) is 5.82. The standard InChI is InChI=1S/C15H20N4O3/c1-15(2,3)22-14(21)17-7-6-16-13(20)10-4-5-11-12(8-10)19-9-18-11/h4-5,8-9H,6-7H2,1-3H3,(H,16,20)(H,17,21)(H,18,19). The summed E-state index contributed by atoms with van der Waals surface area (Å²) in [5.41, 5.74) is 1.61. The van der Waals surface area contributed by atoms with Gasteiger partial charge >= 0.3 is 6.09 Å². The summed E-state index contributed by atoms with van der Waals surface area (Å²) >= 11 is 0. The van der Waals surface area contributed by atoms with Gasteiger partial charge in [-0.05, 0) is 39.0 Å². The van der Waals surface area contributed by atoms with Gasteiger partial charge in [0, 0.05) is 18.7 Å². The Balaban J connectivity index is 1.77. The topological polar surface area (TPSA) is 96.1 Å². The van der Waals surface area contributed by atoms with E-state index in [1.165, 1.54) is 0 Å². The van der Waals surface area contributed by atoms with Crippen LogP contribution in [0, 0.1) is 0 Å². The zero-order valence-corrected chi connectivity index (χ0v) is 12.9. The van der Waals surface area contributed by atoms with Gasteiger partial charge in [0.15, 0.2) is 0 Å². The number of rotatable bonds is 4. The van der Waals surface area contributed by atoms with Crippen molar-refractivity contribution >= 4 is 23.0 Å². The number of hydrogen-bond acceptors (Lipinski definition) is 4. The highest BCUT2D eigenvalue weighted by molar-refractivity contribution is 5.97. The lowest BCUT2D eigenvalue weighted by Crippen LogP contribution is -2.37. The summed E-state index contributed by atoms with van der Waals surface area (Å²) in [5.74, 6) is -0.206. The molecule has 0 aliphatic rings. The van der Waals surface area contributed by atoms with Crippen LogP contribution in [0.15, 0.2) is 24.5 Å². The number of ether oxygens (including phenoxy) is 1. The molecule has 0 fully saturated rings. The highest BCUT2D eigenvalue weighted by atomic mass is 16.6. The Labute approximate surface area is 128 Å². The average molecular weight is 304 g/mol. The van der Waals surface area contributed by atoms with Crippen LogP contribution in [0.5, 0.6) is 0 Å². The first-order valence-corrected chi connectivity index (χ1v) is 7.03. The Hall–Kier alpha value is -2.57. The Bertz CT molecular complexity index is 673. The first kappa shape index (κ1) is 15.8. The van der Waals surface area contributed by atoms with E-state index in [0.717, 1.165) is 11.0 Å². The van der Waals surface area contributed by atoms with Crippen LogP contribution in [-0.4, -0.2) is 40.7 Å². The third kappa shape index (κ3) is 4.47. The molecule has 22 heavy (non-hydrogen) atoms. The molecule has 0 atom stereocenters. The number of fused-ring (bicyclic) bond motifs is 1. The van der Waals surface area contributed by atoms with E-state index in [2.05, 4.69) is 20.6 Å². The van der Waals surface area contributed by atoms with E-state index in [0.29, 0.717) is 18.7 Å². The van der Waals surface area contributed by atoms with E-state index in [1.54, 1.807) is 45.3 Å². The molecule has 0 radical (unpaired) electrons. The smallest absolute Gasteiger partial charge is 0.407 e. The van der Waals surface area contributed by atoms with Crippen molar-refractivity contribution in [1.82, 2.24) is 20.6 Å². The molecule has 0 aliphatic carbocycles. The highest BCUT2D eigenvalue weighted by Crippen LogP contribution is 2.11. The molecule has 2 aromatic rings. The van der Waals surface area contributed by atoms with Crippen molar-refractivity contribution in [1.29, 1.82) is 0 Å². The molecule has 0 saturated carbocycles. The fourth-order valence-corrected chi connectivity index (χ4v) is 1.83. The summed E-state index contributed by atoms with van der Waals surface area (Å²) in [7, 11) is 0. The van der Waals surface area contributed by atoms with E-state index in [4.69, 9.17) is 4.74 Å². The van der Waals surface area contributed by atoms with Gasteiger partial charge in [-0.1, -0.05) is 0 Å². The van der Waals surface area contributed by atoms with E-state index >= 15 is 0 Å². The minimum Gasteiger partial charge on any atom is -0.444 e. The maximum atomic E-state index is 12.0. The van der Waals surface area contributed by atoms with Crippen molar-refractivity contribution in [3.63, 3.8) is 0 Å². The van der Waals surface area contributed by atoms with Gasteiger partial charge in [-0.2, -0.15) is 0 Å². The van der Waals surface area contributed by atoms with Gasteiger partial charge < -0.3 is 20.4 Å². The molecule has 0 spiro atoms. The van der Waals surface area contributed by atoms with Crippen LogP contribution in [0.25, 0.3) is 11.0 Å². The number of hydrogen-bond donors (Lipinski definition) is 3. The lowest BCUT2D eigenvalue weighted by Gasteiger charge is -2.19. The number of aromatic amines is 1. The predicted octanol–water partition coefficient (Wildman–Crippen LogP) is 1.82. The van der Waals surface area contributed by atoms with Crippen molar-refractivity contribution in [2.75, 3.05) is 13.1 Å². The molecule has 0 aliphatic heterocycles. The highest BCUT2D eigenvalue weighted by Gasteiger charge is 2.15. The maximum Gasteiger partial charge on any atom is 0.407 e. The third-order valence-electron chi connectivity index (χ3n) is 2.76. The Morgan fingerprint density at radius 3 is 2.68 bits per heavy atom. The number of carbonyl (C=O) groups excluding carboxylic acids is 2. The minimum absolute atomic E-state index is 0.206. The average Bonchev–Trinajstić information content (AvgIpc) is 2.88. The van der Waals surface area contributed by atoms with Crippen LogP contribution >= 0.6 is 0 Å². The fraction of sp³-hybridized carbons (Fsp3) is 0.400. The molecule has 0 bridgehead atoms. The summed E-state index contributed by atoms with van der Waals surface area (Å²) in [4.78, 5) is 30.5. The summed E-state index contributed by atoms with van der Waals surface area (Å²) in [6.07, 6.45) is 1.08. The molecule has 2 amide bonds. The monoisotopic (exact) mass is 304 g/mol. The quantitative estimate of drug-likeness (QED) is 0.751. The number of aromatic nitrogens is 2. The van der Waals surface area contributed by atoms with Gasteiger partial charge in [0.25, 0.3) is 5.91 Å². The van der Waals surface area contributed by atoms with E-state index in [1.807, 2.05) is 0 Å². The normalized spacial score (nSPS) is 11.2. The SMILES string of the molecule is CC(C)(C)OC(=O)NCCNC(=O)c1ccc2nc[nH]c2c1. The van der Waals surface area contributed by atoms with E-state index < -0.39 is 11.7 Å². The maximum absolute atomic E-state index is 12.0. The number of amides is 2. The second-order valence-corrected chi connectivity index (χ2v) is 5.82. The molecule has 7 heteroatoms. The number of imidazole rings is 1. The summed E-state index contributed by atoms with van der Waals surface area (Å²) < 4.78 is 5.09. The fourth-order valence-electron chi connectivity index (χ4n) is 1.83. The Morgan fingerprint density at radius 1 is 1.23 bits per heavy atom. The molecule has 1 aromatic heterocycles. The summed E-state index contributed by atoms with van der Waals surface area (Å²) in [5, 5.41) is 5.31. The zero-order valence-electron chi connectivity index (χ0n) is 12.9. The molecule has 2 rings (SSSR count). The molecule has 1 heterocycles. The summed E-state index contributed by atoms with van der Waals surface area (Å²) in [6, 6.07) is 5.22. The summed E-state index contributed by atoms with van der Waals surface area (Å²) in [6.45, 7) is 5.99. The lowest BCUT2D eigenvalue weighted by atomic mass is 10.2. The third-order valence-corrected chi connectivity index (χ3v) is 2.76. The van der Waals surface area contributed by atoms with Crippen molar-refractivity contribution in [3.8, 4) is 0 Å². The molecule has 7 nitrogen and oxygen atoms in total. The van der Waals surface area contributed by atoms with E-state index in [9.17, 15) is 9.59 Å². The lowest BCUT2D eigenvalue weighted by molar-refractivity contribution is 0.0526. The number of carbonyl (C=O) groups is 2. The van der Waals surface area contributed by atoms with Crippen molar-refractivity contribution in [3.05, 3.63) is 30.1 Å². The van der Waals surface area contributed by atoms with E-state index in [-0.39, 0.29) is 5.91 Å². The number of nitrogens with one attached hydrogen (secondary N) is 3. The number of nitrogens with zero attached hydrogens (tertiary/aromatic N) is 1. The van der Waals surface area contributed by atoms with Crippen LogP contribution < -0.4 is 10.6 Å². The van der Waals surface area contributed by atoms with Gasteiger partial charge in [0.05, 0.1) is 17.4 Å². The van der Waals surface area contributed by atoms with Crippen LogP contribution in [0.4, 0.5) is 4.79 Å². The van der Waals surface area contributed by atoms with Gasteiger partial charge in [-0.3, -0.25) is 4.79 Å². The van der Waals surface area contributed by atoms with Crippen LogP contribution in [0.2, 0.25) is 0 Å². The van der Waals surface area contributed by atoms with Crippen molar-refractivity contribution < 1.29 is 14.3 Å². The first-order chi connectivity index (χ1) is 10.3. The van der Waals surface area contributed by atoms with Crippen LogP contribution in [0.1, 0.15) is 31.1 Å². The van der Waals surface area contributed by atoms with Gasteiger partial charge in [-0.15, -0.1) is 0 Å². The zero-order chi connectivity index (χ0) is 16.2. The molecule has 0 saturated heterocycles. The van der Waals surface area contributed by atoms with Crippen LogP contribution in [-0.2, 0) is 4.74 Å². The van der Waals surface area contributed by atoms with Gasteiger partial charge in [-0.25, -0.2) is 9.78 Å². The molecular weight excluding hydrogens is 284 g/mol. The molecule has 118 valence electrons. The minimum atomic E-state index is -0.535. The number of benzene rings is 1. The molecular formula is C15H20N4O3. The van der Waals surface area contributed by atoms with Crippen molar-refractivity contribution in [2.24, 2.45) is 0 Å². The first-order valence-electron chi connectivity index (χ1n) is 7.03. The molecule has 0 unspecified atom stereocenters. The number of alkyl carbamates (subject to hydrolysis) is 1. The van der Waals surface area contributed by atoms with Gasteiger partial charge in [0.2, 0.25) is 0 Å². The number of H-pyrrole nitrogens is 1. The molecule has 3 N–H and O–H groups in total. The Morgan fingerprint density at radius 2 is 1.95 bits per heavy atom. The van der Waals surface area contributed by atoms with Gasteiger partial charge in [0.1, 0.15) is 5.60 Å². The van der Waals surface area contributed by atoms with Crippen molar-refractivity contribution in [2.45, 2.75) is 26.4 Å². The predicted molar refractivity (Wildman–Crippen MR) is 82.7 cm³/mol. The molecule has 1 aromatic carbocycles. The Kier molecular flexibility index (Phi) is 4.65. The second kappa shape index (κ2) is 6.46.